The maximum Gasteiger partial charge on any atom is 0.101 e. The molecule has 0 spiro atoms. The minimum Gasteiger partial charge on any atom is -0.192 e. The number of hydrogen-bond donors (Lipinski definition) is 0. The molecule has 0 aliphatic rings. The molecule has 0 saturated carbocycles. The number of benzene rings is 1. The maximum atomic E-state index is 8.75. The zero-order valence-corrected chi connectivity index (χ0v) is 9.85. The van der Waals surface area contributed by atoms with Crippen LogP contribution in [0.3, 0.4) is 0 Å². The molecule has 3 heteroatoms. The molecule has 0 bridgehead atoms. The Morgan fingerprint density at radius 3 is 2.93 bits per heavy atom. The molecule has 0 aliphatic heterocycles. The minimum atomic E-state index is 0.505. The van der Waals surface area contributed by atoms with Gasteiger partial charge in [-0.2, -0.15) is 5.26 Å². The Balaban J connectivity index is 2.86. The van der Waals surface area contributed by atoms with Gasteiger partial charge in [-0.05, 0) is 24.1 Å². The van der Waals surface area contributed by atoms with E-state index in [1.165, 1.54) is 0 Å². The van der Waals surface area contributed by atoms with E-state index in [1.807, 2.05) is 12.1 Å². The second kappa shape index (κ2) is 5.85. The molecule has 1 nitrogen and oxygen atoms in total. The summed E-state index contributed by atoms with van der Waals surface area (Å²) in [6.07, 6.45) is 5.02. The highest BCUT2D eigenvalue weighted by Gasteiger charge is 1.98. The number of alkyl halides is 1. The Bertz CT molecular complexity index is 379. The lowest BCUT2D eigenvalue weighted by Gasteiger charge is -1.96. The highest BCUT2D eigenvalue weighted by Crippen LogP contribution is 2.17. The summed E-state index contributed by atoms with van der Waals surface area (Å²) in [6.45, 7) is 0. The molecule has 1 aromatic rings. The highest BCUT2D eigenvalue weighted by molar-refractivity contribution is 9.09. The van der Waals surface area contributed by atoms with Gasteiger partial charge in [-0.15, -0.1) is 0 Å². The summed E-state index contributed by atoms with van der Waals surface area (Å²) in [5.41, 5.74) is 1.53. The first-order valence-electron chi connectivity index (χ1n) is 4.20. The van der Waals surface area contributed by atoms with Gasteiger partial charge < -0.3 is 0 Å². The number of halogens is 2. The van der Waals surface area contributed by atoms with E-state index in [0.29, 0.717) is 10.6 Å². The van der Waals surface area contributed by atoms with Crippen LogP contribution in [0.2, 0.25) is 5.02 Å². The number of nitrogens with zero attached hydrogens (tertiary/aromatic N) is 1. The minimum absolute atomic E-state index is 0.505. The summed E-state index contributed by atoms with van der Waals surface area (Å²) in [5, 5.41) is 10.2. The van der Waals surface area contributed by atoms with Crippen LogP contribution < -0.4 is 0 Å². The third-order valence-corrected chi connectivity index (χ3v) is 2.48. The molecule has 0 heterocycles. The van der Waals surface area contributed by atoms with Crippen LogP contribution >= 0.6 is 27.5 Å². The molecule has 0 saturated heterocycles. The summed E-state index contributed by atoms with van der Waals surface area (Å²) in [4.78, 5) is 0. The van der Waals surface area contributed by atoms with Crippen LogP contribution in [0, 0.1) is 11.3 Å². The van der Waals surface area contributed by atoms with Crippen LogP contribution in [0.4, 0.5) is 0 Å². The standard InChI is InChI=1S/C11H9BrClN/c12-6-2-1-3-9-4-5-11(13)10(7-9)8-14/h1,3-5,7H,2,6H2. The molecule has 0 N–H and O–H groups in total. The van der Waals surface area contributed by atoms with Crippen LogP contribution in [0.1, 0.15) is 17.5 Å². The van der Waals surface area contributed by atoms with Gasteiger partial charge in [0.2, 0.25) is 0 Å². The second-order valence-electron chi connectivity index (χ2n) is 2.73. The Labute approximate surface area is 97.1 Å². The summed E-state index contributed by atoms with van der Waals surface area (Å²) in [7, 11) is 0. The van der Waals surface area contributed by atoms with E-state index in [1.54, 1.807) is 12.1 Å². The molecular formula is C11H9BrClN. The molecule has 1 aromatic carbocycles. The van der Waals surface area contributed by atoms with Crippen LogP contribution in [0.5, 0.6) is 0 Å². The number of hydrogen-bond acceptors (Lipinski definition) is 1. The van der Waals surface area contributed by atoms with E-state index in [2.05, 4.69) is 28.1 Å². The third-order valence-electron chi connectivity index (χ3n) is 1.70. The zero-order valence-electron chi connectivity index (χ0n) is 7.50. The highest BCUT2D eigenvalue weighted by atomic mass is 79.9. The average Bonchev–Trinajstić information content (AvgIpc) is 2.21. The van der Waals surface area contributed by atoms with Crippen molar-refractivity contribution in [3.63, 3.8) is 0 Å². The molecule has 0 unspecified atom stereocenters. The Hall–Kier alpha value is -0.780. The molecular weight excluding hydrogens is 261 g/mol. The monoisotopic (exact) mass is 269 g/mol. The van der Waals surface area contributed by atoms with Crippen molar-refractivity contribution in [3.05, 3.63) is 40.4 Å². The fraction of sp³-hybridized carbons (Fsp3) is 0.182. The number of allylic oxidation sites excluding steroid dienone is 1. The van der Waals surface area contributed by atoms with Gasteiger partial charge in [0.1, 0.15) is 6.07 Å². The van der Waals surface area contributed by atoms with Crippen LogP contribution in [0.15, 0.2) is 24.3 Å². The molecule has 0 amide bonds. The van der Waals surface area contributed by atoms with Crippen molar-refractivity contribution in [1.29, 1.82) is 5.26 Å². The molecule has 0 aliphatic carbocycles. The lowest BCUT2D eigenvalue weighted by Crippen LogP contribution is -1.79. The van der Waals surface area contributed by atoms with E-state index >= 15 is 0 Å². The van der Waals surface area contributed by atoms with Gasteiger partial charge in [0.05, 0.1) is 10.6 Å². The molecule has 0 radical (unpaired) electrons. The molecule has 0 fully saturated rings. The van der Waals surface area contributed by atoms with Crippen molar-refractivity contribution in [2.75, 3.05) is 5.33 Å². The van der Waals surface area contributed by atoms with Gasteiger partial charge in [0.25, 0.3) is 0 Å². The number of rotatable bonds is 3. The molecule has 0 aromatic heterocycles. The van der Waals surface area contributed by atoms with Crippen molar-refractivity contribution >= 4 is 33.6 Å². The summed E-state index contributed by atoms with van der Waals surface area (Å²) in [6, 6.07) is 7.48. The van der Waals surface area contributed by atoms with Gasteiger partial charge in [0.15, 0.2) is 0 Å². The van der Waals surface area contributed by atoms with Crippen LogP contribution in [-0.2, 0) is 0 Å². The fourth-order valence-electron chi connectivity index (χ4n) is 1.01. The zero-order chi connectivity index (χ0) is 10.4. The van der Waals surface area contributed by atoms with Crippen LogP contribution in [-0.4, -0.2) is 5.33 Å². The molecule has 14 heavy (non-hydrogen) atoms. The van der Waals surface area contributed by atoms with Crippen molar-refractivity contribution < 1.29 is 0 Å². The van der Waals surface area contributed by atoms with Gasteiger partial charge in [-0.1, -0.05) is 45.7 Å². The van der Waals surface area contributed by atoms with E-state index in [9.17, 15) is 0 Å². The van der Waals surface area contributed by atoms with E-state index in [0.717, 1.165) is 17.3 Å². The molecule has 1 rings (SSSR count). The predicted molar refractivity (Wildman–Crippen MR) is 63.6 cm³/mol. The van der Waals surface area contributed by atoms with Crippen molar-refractivity contribution in [2.24, 2.45) is 0 Å². The lowest BCUT2D eigenvalue weighted by molar-refractivity contribution is 1.27. The lowest BCUT2D eigenvalue weighted by atomic mass is 10.1. The third kappa shape index (κ3) is 3.17. The van der Waals surface area contributed by atoms with Gasteiger partial charge in [-0.3, -0.25) is 0 Å². The normalized spacial score (nSPS) is 10.4. The summed E-state index contributed by atoms with van der Waals surface area (Å²) < 4.78 is 0. The summed E-state index contributed by atoms with van der Waals surface area (Å²) in [5.74, 6) is 0. The quantitative estimate of drug-likeness (QED) is 0.761. The molecule has 0 atom stereocenters. The van der Waals surface area contributed by atoms with E-state index < -0.39 is 0 Å². The van der Waals surface area contributed by atoms with Gasteiger partial charge >= 0.3 is 0 Å². The fourth-order valence-corrected chi connectivity index (χ4v) is 1.44. The second-order valence-corrected chi connectivity index (χ2v) is 3.93. The van der Waals surface area contributed by atoms with E-state index in [-0.39, 0.29) is 0 Å². The SMILES string of the molecule is N#Cc1cc(C=CCCBr)ccc1Cl. The predicted octanol–water partition coefficient (Wildman–Crippen LogP) is 4.01. The first kappa shape index (κ1) is 11.3. The maximum absolute atomic E-state index is 8.75. The van der Waals surface area contributed by atoms with Crippen molar-refractivity contribution in [3.8, 4) is 6.07 Å². The Morgan fingerprint density at radius 1 is 1.50 bits per heavy atom. The van der Waals surface area contributed by atoms with Crippen molar-refractivity contribution in [2.45, 2.75) is 6.42 Å². The summed E-state index contributed by atoms with van der Waals surface area (Å²) >= 11 is 9.14. The number of nitriles is 1. The van der Waals surface area contributed by atoms with Crippen molar-refractivity contribution in [1.82, 2.24) is 0 Å². The Morgan fingerprint density at radius 2 is 2.29 bits per heavy atom. The topological polar surface area (TPSA) is 23.8 Å². The largest absolute Gasteiger partial charge is 0.192 e. The smallest absolute Gasteiger partial charge is 0.101 e. The Kier molecular flexibility index (Phi) is 4.72. The van der Waals surface area contributed by atoms with Crippen LogP contribution in [0.25, 0.3) is 6.08 Å². The average molecular weight is 271 g/mol. The van der Waals surface area contributed by atoms with Gasteiger partial charge in [0, 0.05) is 5.33 Å². The first-order valence-corrected chi connectivity index (χ1v) is 5.70. The molecule has 72 valence electrons. The first-order chi connectivity index (χ1) is 6.77. The van der Waals surface area contributed by atoms with Gasteiger partial charge in [-0.25, -0.2) is 0 Å². The van der Waals surface area contributed by atoms with E-state index in [4.69, 9.17) is 16.9 Å².